The predicted molar refractivity (Wildman–Crippen MR) is 91.1 cm³/mol. The number of fused-ring (bicyclic) bond motifs is 1. The number of aryl methyl sites for hydroxylation is 1. The first kappa shape index (κ1) is 15.5. The third-order valence-corrected chi connectivity index (χ3v) is 4.59. The Morgan fingerprint density at radius 1 is 1.32 bits per heavy atom. The molecule has 3 heterocycles. The third-order valence-electron chi connectivity index (χ3n) is 4.59. The molecule has 0 spiro atoms. The maximum atomic E-state index is 4.54. The predicted octanol–water partition coefficient (Wildman–Crippen LogP) is 2.85. The van der Waals surface area contributed by atoms with E-state index in [9.17, 15) is 0 Å². The zero-order valence-corrected chi connectivity index (χ0v) is 14.0. The minimum Gasteiger partial charge on any atom is -0.308 e. The molecule has 1 fully saturated rings. The molecule has 1 aliphatic rings. The molecule has 0 radical (unpaired) electrons. The molecule has 1 saturated heterocycles. The third kappa shape index (κ3) is 3.50. The van der Waals surface area contributed by atoms with E-state index in [0.717, 1.165) is 18.1 Å². The van der Waals surface area contributed by atoms with Crippen molar-refractivity contribution in [3.63, 3.8) is 0 Å². The number of hydrogen-bond donors (Lipinski definition) is 1. The van der Waals surface area contributed by atoms with Crippen molar-refractivity contribution in [2.45, 2.75) is 46.2 Å². The summed E-state index contributed by atoms with van der Waals surface area (Å²) in [5, 5.41) is 3.72. The highest BCUT2D eigenvalue weighted by molar-refractivity contribution is 5.48. The quantitative estimate of drug-likeness (QED) is 0.921. The van der Waals surface area contributed by atoms with E-state index in [1.165, 1.54) is 43.7 Å². The Balaban J connectivity index is 1.54. The van der Waals surface area contributed by atoms with Crippen LogP contribution in [0.1, 0.15) is 37.9 Å². The molecule has 2 aromatic rings. The number of imidazole rings is 1. The van der Waals surface area contributed by atoms with Crippen LogP contribution in [0.25, 0.3) is 5.65 Å². The van der Waals surface area contributed by atoms with Crippen molar-refractivity contribution in [3.8, 4) is 0 Å². The van der Waals surface area contributed by atoms with Gasteiger partial charge in [0.25, 0.3) is 0 Å². The number of aromatic nitrogens is 2. The van der Waals surface area contributed by atoms with E-state index in [2.05, 4.69) is 58.7 Å². The summed E-state index contributed by atoms with van der Waals surface area (Å²) in [6.07, 6.45) is 6.62. The lowest BCUT2D eigenvalue weighted by Crippen LogP contribution is -2.43. The number of nitrogens with zero attached hydrogens (tertiary/aromatic N) is 3. The fraction of sp³-hybridized carbons (Fsp3) is 0.611. The number of hydrogen-bond acceptors (Lipinski definition) is 3. The van der Waals surface area contributed by atoms with Crippen molar-refractivity contribution in [2.24, 2.45) is 5.92 Å². The molecule has 0 amide bonds. The molecule has 3 rings (SSSR count). The Hall–Kier alpha value is -1.39. The minimum atomic E-state index is 0.638. The van der Waals surface area contributed by atoms with E-state index < -0.39 is 0 Å². The topological polar surface area (TPSA) is 32.6 Å². The van der Waals surface area contributed by atoms with E-state index in [4.69, 9.17) is 0 Å². The van der Waals surface area contributed by atoms with Gasteiger partial charge in [-0.3, -0.25) is 0 Å². The highest BCUT2D eigenvalue weighted by atomic mass is 15.1. The van der Waals surface area contributed by atoms with Crippen LogP contribution >= 0.6 is 0 Å². The highest BCUT2D eigenvalue weighted by Crippen LogP contribution is 2.14. The summed E-state index contributed by atoms with van der Waals surface area (Å²) in [5.74, 6) is 0.769. The zero-order chi connectivity index (χ0) is 15.5. The van der Waals surface area contributed by atoms with Crippen molar-refractivity contribution >= 4 is 5.65 Å². The molecule has 0 saturated carbocycles. The van der Waals surface area contributed by atoms with Crippen LogP contribution in [0.3, 0.4) is 0 Å². The van der Waals surface area contributed by atoms with Gasteiger partial charge in [0, 0.05) is 25.3 Å². The summed E-state index contributed by atoms with van der Waals surface area (Å²) in [6, 6.07) is 4.85. The van der Waals surface area contributed by atoms with E-state index in [1.807, 2.05) is 6.20 Å². The summed E-state index contributed by atoms with van der Waals surface area (Å²) in [6.45, 7) is 11.3. The van der Waals surface area contributed by atoms with Gasteiger partial charge in [0.05, 0.1) is 11.9 Å². The van der Waals surface area contributed by atoms with Crippen molar-refractivity contribution in [2.75, 3.05) is 19.6 Å². The molecule has 4 heteroatoms. The van der Waals surface area contributed by atoms with Crippen LogP contribution in [-0.2, 0) is 6.54 Å². The molecular weight excluding hydrogens is 272 g/mol. The van der Waals surface area contributed by atoms with Crippen molar-refractivity contribution < 1.29 is 0 Å². The van der Waals surface area contributed by atoms with Crippen LogP contribution in [0.2, 0.25) is 0 Å². The van der Waals surface area contributed by atoms with Crippen LogP contribution in [-0.4, -0.2) is 40.0 Å². The maximum absolute atomic E-state index is 4.54. The van der Waals surface area contributed by atoms with Crippen LogP contribution < -0.4 is 5.32 Å². The van der Waals surface area contributed by atoms with Gasteiger partial charge < -0.3 is 14.6 Å². The molecule has 1 N–H and O–H groups in total. The van der Waals surface area contributed by atoms with Crippen LogP contribution in [0.5, 0.6) is 0 Å². The Morgan fingerprint density at radius 3 is 2.82 bits per heavy atom. The molecule has 0 aliphatic carbocycles. The van der Waals surface area contributed by atoms with Gasteiger partial charge in [0.1, 0.15) is 5.65 Å². The lowest BCUT2D eigenvalue weighted by Gasteiger charge is -2.33. The minimum absolute atomic E-state index is 0.638. The Morgan fingerprint density at radius 2 is 2.09 bits per heavy atom. The number of nitrogens with one attached hydrogen (secondary N) is 1. The lowest BCUT2D eigenvalue weighted by atomic mass is 10.0. The van der Waals surface area contributed by atoms with Gasteiger partial charge in [0.15, 0.2) is 0 Å². The summed E-state index contributed by atoms with van der Waals surface area (Å²) >= 11 is 0. The molecule has 0 aromatic carbocycles. The molecule has 0 unspecified atom stereocenters. The summed E-state index contributed by atoms with van der Waals surface area (Å²) in [4.78, 5) is 7.14. The van der Waals surface area contributed by atoms with Crippen molar-refractivity contribution in [3.05, 3.63) is 35.8 Å². The molecule has 120 valence electrons. The number of rotatable bonds is 5. The summed E-state index contributed by atoms with van der Waals surface area (Å²) in [5.41, 5.74) is 3.56. The first-order chi connectivity index (χ1) is 10.6. The fourth-order valence-electron chi connectivity index (χ4n) is 3.42. The van der Waals surface area contributed by atoms with E-state index in [1.54, 1.807) is 0 Å². The monoisotopic (exact) mass is 300 g/mol. The van der Waals surface area contributed by atoms with Crippen molar-refractivity contribution in [1.29, 1.82) is 0 Å². The average molecular weight is 300 g/mol. The molecule has 4 nitrogen and oxygen atoms in total. The Kier molecular flexibility index (Phi) is 4.79. The van der Waals surface area contributed by atoms with Crippen molar-refractivity contribution in [1.82, 2.24) is 19.6 Å². The Bertz CT molecular complexity index is 609. The number of pyridine rings is 1. The summed E-state index contributed by atoms with van der Waals surface area (Å²) < 4.78 is 2.20. The first-order valence-electron chi connectivity index (χ1n) is 8.51. The second kappa shape index (κ2) is 6.80. The van der Waals surface area contributed by atoms with Gasteiger partial charge in [-0.2, -0.15) is 0 Å². The van der Waals surface area contributed by atoms with Crippen LogP contribution in [0.4, 0.5) is 0 Å². The first-order valence-corrected chi connectivity index (χ1v) is 8.51. The number of piperidine rings is 1. The fourth-order valence-corrected chi connectivity index (χ4v) is 3.42. The second-order valence-electron chi connectivity index (χ2n) is 6.98. The normalized spacial score (nSPS) is 17.6. The van der Waals surface area contributed by atoms with E-state index in [-0.39, 0.29) is 0 Å². The molecule has 0 bridgehead atoms. The number of likely N-dealkylation sites (tertiary alicyclic amines) is 1. The largest absolute Gasteiger partial charge is 0.308 e. The van der Waals surface area contributed by atoms with E-state index >= 15 is 0 Å². The molecular formula is C18H28N4. The standard InChI is InChI=1S/C18H28N4/c1-14(2)13-21-9-6-16(7-10-21)19-11-17-12-20-18-15(3)5-4-8-22(17)18/h4-5,8,12,14,16,19H,6-7,9-11,13H2,1-3H3. The van der Waals surface area contributed by atoms with E-state index in [0.29, 0.717) is 6.04 Å². The molecule has 2 aromatic heterocycles. The smallest absolute Gasteiger partial charge is 0.139 e. The lowest BCUT2D eigenvalue weighted by molar-refractivity contribution is 0.179. The summed E-state index contributed by atoms with van der Waals surface area (Å²) in [7, 11) is 0. The van der Waals surface area contributed by atoms with Gasteiger partial charge >= 0.3 is 0 Å². The molecule has 1 aliphatic heterocycles. The SMILES string of the molecule is Cc1cccn2c(CNC3CCN(CC(C)C)CC3)cnc12. The van der Waals surface area contributed by atoms with Crippen LogP contribution in [0.15, 0.2) is 24.5 Å². The van der Waals surface area contributed by atoms with Gasteiger partial charge in [-0.15, -0.1) is 0 Å². The van der Waals surface area contributed by atoms with Gasteiger partial charge in [-0.25, -0.2) is 4.98 Å². The highest BCUT2D eigenvalue weighted by Gasteiger charge is 2.19. The second-order valence-corrected chi connectivity index (χ2v) is 6.98. The van der Waals surface area contributed by atoms with Gasteiger partial charge in [-0.05, 0) is 50.4 Å². The Labute approximate surface area is 133 Å². The van der Waals surface area contributed by atoms with Gasteiger partial charge in [0.2, 0.25) is 0 Å². The zero-order valence-electron chi connectivity index (χ0n) is 14.0. The molecule has 0 atom stereocenters. The van der Waals surface area contributed by atoms with Gasteiger partial charge in [-0.1, -0.05) is 19.9 Å². The van der Waals surface area contributed by atoms with Crippen LogP contribution in [0, 0.1) is 12.8 Å². The maximum Gasteiger partial charge on any atom is 0.139 e. The molecule has 22 heavy (non-hydrogen) atoms. The average Bonchev–Trinajstić information content (AvgIpc) is 2.91.